The third kappa shape index (κ3) is 7.32. The molecule has 0 radical (unpaired) electrons. The summed E-state index contributed by atoms with van der Waals surface area (Å²) in [5, 5.41) is 12.7. The Hall–Kier alpha value is -1.98. The van der Waals surface area contributed by atoms with Crippen LogP contribution in [0, 0.1) is 5.92 Å². The molecule has 2 aromatic carbocycles. The number of nitrogens with zero attached hydrogens (tertiary/aromatic N) is 2. The Bertz CT molecular complexity index is 1180. The van der Waals surface area contributed by atoms with Crippen LogP contribution in [-0.2, 0) is 15.9 Å². The molecule has 0 spiro atoms. The zero-order valence-corrected chi connectivity index (χ0v) is 24.6. The van der Waals surface area contributed by atoms with Crippen molar-refractivity contribution >= 4 is 49.1 Å². The molecule has 10 heteroatoms. The summed E-state index contributed by atoms with van der Waals surface area (Å²) in [6, 6.07) is 12.3. The summed E-state index contributed by atoms with van der Waals surface area (Å²) >= 11 is 8.15. The van der Waals surface area contributed by atoms with Crippen molar-refractivity contribution in [2.75, 3.05) is 46.6 Å². The number of hydrogen-bond acceptors (Lipinski definition) is 7. The first-order chi connectivity index (χ1) is 18.0. The lowest BCUT2D eigenvalue weighted by Gasteiger charge is -2.31. The average molecular weight is 654 g/mol. The zero-order chi connectivity index (χ0) is 26.2. The number of amides is 1. The quantitative estimate of drug-likeness (QED) is 0.249. The SMILES string of the molecule is COCCOCCOc1c(-c2csc(C(=O)N3CCC(Cc4ccccc4)CC3)n2)cc(Br)c(O)c1Br. The van der Waals surface area contributed by atoms with Gasteiger partial charge in [0.15, 0.2) is 5.01 Å². The number of aromatic hydroxyl groups is 1. The molecule has 4 rings (SSSR count). The van der Waals surface area contributed by atoms with Crippen LogP contribution in [0.25, 0.3) is 11.3 Å². The summed E-state index contributed by atoms with van der Waals surface area (Å²) in [6.45, 7) is 3.10. The van der Waals surface area contributed by atoms with Gasteiger partial charge in [0, 0.05) is 31.1 Å². The fourth-order valence-electron chi connectivity index (χ4n) is 4.29. The first-order valence-electron chi connectivity index (χ1n) is 12.2. The molecule has 1 aliphatic heterocycles. The summed E-state index contributed by atoms with van der Waals surface area (Å²) in [5.74, 6) is 1.02. The van der Waals surface area contributed by atoms with E-state index < -0.39 is 0 Å². The number of aromatic nitrogens is 1. The Morgan fingerprint density at radius 1 is 1.14 bits per heavy atom. The summed E-state index contributed by atoms with van der Waals surface area (Å²) in [6.07, 6.45) is 3.03. The van der Waals surface area contributed by atoms with E-state index in [4.69, 9.17) is 14.2 Å². The van der Waals surface area contributed by atoms with E-state index >= 15 is 0 Å². The molecule has 37 heavy (non-hydrogen) atoms. The van der Waals surface area contributed by atoms with Gasteiger partial charge in [0.05, 0.1) is 30.0 Å². The number of ether oxygens (including phenoxy) is 3. The lowest BCUT2D eigenvalue weighted by Crippen LogP contribution is -2.38. The van der Waals surface area contributed by atoms with Crippen molar-refractivity contribution in [3.8, 4) is 22.8 Å². The number of phenolic OH excluding ortho intramolecular Hbond substituents is 1. The molecule has 1 amide bonds. The monoisotopic (exact) mass is 652 g/mol. The van der Waals surface area contributed by atoms with E-state index in [-0.39, 0.29) is 18.3 Å². The number of piperidine rings is 1. The van der Waals surface area contributed by atoms with Gasteiger partial charge in [-0.05, 0) is 68.7 Å². The lowest BCUT2D eigenvalue weighted by molar-refractivity contribution is 0.0543. The van der Waals surface area contributed by atoms with Crippen LogP contribution in [0.1, 0.15) is 28.2 Å². The molecule has 0 saturated carbocycles. The van der Waals surface area contributed by atoms with E-state index in [1.807, 2.05) is 16.3 Å². The molecule has 1 aromatic heterocycles. The highest BCUT2D eigenvalue weighted by Crippen LogP contribution is 2.46. The van der Waals surface area contributed by atoms with Crippen LogP contribution in [-0.4, -0.2) is 67.5 Å². The molecular weight excluding hydrogens is 624 g/mol. The zero-order valence-electron chi connectivity index (χ0n) is 20.6. The minimum Gasteiger partial charge on any atom is -0.505 e. The molecule has 1 N–H and O–H groups in total. The Morgan fingerprint density at radius 3 is 2.59 bits per heavy atom. The molecule has 7 nitrogen and oxygen atoms in total. The van der Waals surface area contributed by atoms with E-state index in [0.29, 0.717) is 56.7 Å². The van der Waals surface area contributed by atoms with E-state index in [2.05, 4.69) is 61.1 Å². The largest absolute Gasteiger partial charge is 0.505 e. The molecule has 0 bridgehead atoms. The van der Waals surface area contributed by atoms with Crippen molar-refractivity contribution in [1.29, 1.82) is 0 Å². The highest BCUT2D eigenvalue weighted by atomic mass is 79.9. The van der Waals surface area contributed by atoms with Crippen LogP contribution < -0.4 is 4.74 Å². The molecule has 1 fully saturated rings. The maximum atomic E-state index is 13.2. The second-order valence-electron chi connectivity index (χ2n) is 8.81. The predicted octanol–water partition coefficient (Wildman–Crippen LogP) is 6.18. The maximum Gasteiger partial charge on any atom is 0.282 e. The van der Waals surface area contributed by atoms with Crippen LogP contribution in [0.2, 0.25) is 0 Å². The van der Waals surface area contributed by atoms with Crippen molar-refractivity contribution in [1.82, 2.24) is 9.88 Å². The maximum absolute atomic E-state index is 13.2. The topological polar surface area (TPSA) is 81.1 Å². The Balaban J connectivity index is 1.41. The second kappa shape index (κ2) is 13.7. The van der Waals surface area contributed by atoms with Gasteiger partial charge in [0.1, 0.15) is 22.6 Å². The van der Waals surface area contributed by atoms with Gasteiger partial charge in [-0.2, -0.15) is 0 Å². The summed E-state index contributed by atoms with van der Waals surface area (Å²) in [7, 11) is 1.62. The normalized spacial score (nSPS) is 14.2. The summed E-state index contributed by atoms with van der Waals surface area (Å²) < 4.78 is 17.3. The van der Waals surface area contributed by atoms with E-state index in [1.165, 1.54) is 16.9 Å². The fraction of sp³-hybridized carbons (Fsp3) is 0.407. The van der Waals surface area contributed by atoms with Crippen LogP contribution in [0.4, 0.5) is 0 Å². The molecule has 198 valence electrons. The lowest BCUT2D eigenvalue weighted by atomic mass is 9.90. The number of thiazole rings is 1. The van der Waals surface area contributed by atoms with Crippen molar-refractivity contribution in [3.05, 3.63) is 61.3 Å². The van der Waals surface area contributed by atoms with Crippen LogP contribution in [0.3, 0.4) is 0 Å². The van der Waals surface area contributed by atoms with Crippen molar-refractivity contribution in [2.24, 2.45) is 5.92 Å². The van der Waals surface area contributed by atoms with Gasteiger partial charge in [0.25, 0.3) is 5.91 Å². The smallest absolute Gasteiger partial charge is 0.282 e. The van der Waals surface area contributed by atoms with Crippen molar-refractivity contribution in [3.63, 3.8) is 0 Å². The molecule has 1 saturated heterocycles. The number of phenols is 1. The minimum atomic E-state index is -0.0414. The number of rotatable bonds is 11. The van der Waals surface area contributed by atoms with Gasteiger partial charge in [-0.25, -0.2) is 4.98 Å². The van der Waals surface area contributed by atoms with Crippen LogP contribution in [0.5, 0.6) is 11.5 Å². The molecule has 0 unspecified atom stereocenters. The van der Waals surface area contributed by atoms with E-state index in [0.717, 1.165) is 32.4 Å². The third-order valence-corrected chi connectivity index (χ3v) is 8.46. The van der Waals surface area contributed by atoms with E-state index in [1.54, 1.807) is 13.2 Å². The van der Waals surface area contributed by atoms with E-state index in [9.17, 15) is 9.90 Å². The van der Waals surface area contributed by atoms with Gasteiger partial charge < -0.3 is 24.2 Å². The molecule has 3 aromatic rings. The Labute approximate surface area is 238 Å². The highest BCUT2D eigenvalue weighted by molar-refractivity contribution is 9.11. The van der Waals surface area contributed by atoms with Gasteiger partial charge in [-0.1, -0.05) is 30.3 Å². The van der Waals surface area contributed by atoms with Crippen molar-refractivity contribution in [2.45, 2.75) is 19.3 Å². The number of hydrogen-bond donors (Lipinski definition) is 1. The molecule has 2 heterocycles. The highest BCUT2D eigenvalue weighted by Gasteiger charge is 2.27. The summed E-state index contributed by atoms with van der Waals surface area (Å²) in [4.78, 5) is 19.8. The van der Waals surface area contributed by atoms with Gasteiger partial charge in [-0.15, -0.1) is 11.3 Å². The molecular formula is C27H30Br2N2O5S. The molecule has 0 atom stereocenters. The number of carbonyl (C=O) groups is 1. The van der Waals surface area contributed by atoms with Crippen LogP contribution >= 0.6 is 43.2 Å². The summed E-state index contributed by atoms with van der Waals surface area (Å²) in [5.41, 5.74) is 2.64. The Kier molecular flexibility index (Phi) is 10.4. The van der Waals surface area contributed by atoms with Crippen molar-refractivity contribution < 1.29 is 24.1 Å². The average Bonchev–Trinajstić information content (AvgIpc) is 3.41. The number of halogens is 2. The number of carbonyl (C=O) groups excluding carboxylic acids is 1. The first-order valence-corrected chi connectivity index (χ1v) is 14.6. The second-order valence-corrected chi connectivity index (χ2v) is 11.3. The number of benzene rings is 2. The Morgan fingerprint density at radius 2 is 1.86 bits per heavy atom. The molecule has 1 aliphatic rings. The first kappa shape index (κ1) is 28.0. The van der Waals surface area contributed by atoms with Gasteiger partial charge in [0.2, 0.25) is 0 Å². The number of methoxy groups -OCH3 is 1. The van der Waals surface area contributed by atoms with Gasteiger partial charge in [-0.3, -0.25) is 4.79 Å². The van der Waals surface area contributed by atoms with Crippen LogP contribution in [0.15, 0.2) is 50.7 Å². The fourth-order valence-corrected chi connectivity index (χ4v) is 6.31. The molecule has 0 aliphatic carbocycles. The number of likely N-dealkylation sites (tertiary alicyclic amines) is 1. The standard InChI is InChI=1S/C27H30Br2N2O5S/c1-34-11-12-35-13-14-36-25-20(16-21(28)24(32)23(25)29)22-17-37-26(30-22)27(33)31-9-7-19(8-10-31)15-18-5-3-2-4-6-18/h2-6,16-17,19,32H,7-15H2,1H3. The third-order valence-electron chi connectivity index (χ3n) is 6.29. The predicted molar refractivity (Wildman–Crippen MR) is 152 cm³/mol. The van der Waals surface area contributed by atoms with Gasteiger partial charge >= 0.3 is 0 Å². The minimum absolute atomic E-state index is 0.0314.